The van der Waals surface area contributed by atoms with Gasteiger partial charge in [-0.2, -0.15) is 0 Å². The molecule has 2 aliphatic rings. The average molecular weight is 464 g/mol. The number of nitrogens with zero attached hydrogens (tertiary/aromatic N) is 2. The maximum absolute atomic E-state index is 12.9. The van der Waals surface area contributed by atoms with Gasteiger partial charge in [-0.05, 0) is 55.0 Å². The van der Waals surface area contributed by atoms with Crippen LogP contribution in [-0.2, 0) is 16.0 Å². The molecular formula is C27H30ClN3O2. The minimum atomic E-state index is -0.216. The smallest absolute Gasteiger partial charge is 0.238 e. The second kappa shape index (κ2) is 9.22. The van der Waals surface area contributed by atoms with E-state index in [1.165, 1.54) is 10.9 Å². The molecule has 3 aromatic rings. The van der Waals surface area contributed by atoms with E-state index in [1.807, 2.05) is 28.0 Å². The van der Waals surface area contributed by atoms with Crippen LogP contribution in [0.15, 0.2) is 48.5 Å². The Labute approximate surface area is 199 Å². The predicted molar refractivity (Wildman–Crippen MR) is 133 cm³/mol. The van der Waals surface area contributed by atoms with Crippen molar-refractivity contribution in [2.24, 2.45) is 0 Å². The number of fused-ring (bicyclic) bond motifs is 3. The molecule has 172 valence electrons. The van der Waals surface area contributed by atoms with Crippen molar-refractivity contribution < 1.29 is 9.59 Å². The highest BCUT2D eigenvalue weighted by Crippen LogP contribution is 2.40. The largest absolute Gasteiger partial charge is 0.356 e. The van der Waals surface area contributed by atoms with E-state index in [-0.39, 0.29) is 23.7 Å². The molecule has 1 unspecified atom stereocenters. The minimum absolute atomic E-state index is 0.0362. The van der Waals surface area contributed by atoms with E-state index in [1.54, 1.807) is 0 Å². The predicted octanol–water partition coefficient (Wildman–Crippen LogP) is 5.57. The number of aromatic nitrogens is 1. The summed E-state index contributed by atoms with van der Waals surface area (Å²) >= 11 is 5.98. The Hall–Kier alpha value is -2.79. The lowest BCUT2D eigenvalue weighted by Gasteiger charge is -2.36. The molecule has 1 N–H and O–H groups in total. The number of H-pyrrole nitrogens is 1. The van der Waals surface area contributed by atoms with Gasteiger partial charge in [0.2, 0.25) is 11.8 Å². The summed E-state index contributed by atoms with van der Waals surface area (Å²) in [6, 6.07) is 16.6. The third-order valence-electron chi connectivity index (χ3n) is 6.88. The van der Waals surface area contributed by atoms with E-state index in [0.29, 0.717) is 19.0 Å². The molecule has 0 saturated heterocycles. The van der Waals surface area contributed by atoms with Gasteiger partial charge in [0.25, 0.3) is 0 Å². The molecule has 1 aromatic heterocycles. The number of benzene rings is 2. The van der Waals surface area contributed by atoms with Crippen molar-refractivity contribution in [2.45, 2.75) is 57.5 Å². The van der Waals surface area contributed by atoms with Crippen molar-refractivity contribution in [2.75, 3.05) is 17.3 Å². The maximum Gasteiger partial charge on any atom is 0.238 e. The van der Waals surface area contributed by atoms with Gasteiger partial charge in [0, 0.05) is 41.3 Å². The zero-order chi connectivity index (χ0) is 22.9. The molecule has 0 bridgehead atoms. The summed E-state index contributed by atoms with van der Waals surface area (Å²) < 4.78 is 0. The summed E-state index contributed by atoms with van der Waals surface area (Å²) in [7, 11) is 0. The van der Waals surface area contributed by atoms with Gasteiger partial charge >= 0.3 is 0 Å². The lowest BCUT2D eigenvalue weighted by Crippen LogP contribution is -2.41. The van der Waals surface area contributed by atoms with Crippen molar-refractivity contribution in [1.82, 2.24) is 9.88 Å². The SMILES string of the molecule is CCCCC(=O)N(c1ccc(C2c3[nH]c4ccccc4c3CCN2C(=O)CCl)cc1)C1CC1. The van der Waals surface area contributed by atoms with E-state index in [9.17, 15) is 9.59 Å². The van der Waals surface area contributed by atoms with Gasteiger partial charge in [0.05, 0.1) is 6.04 Å². The fourth-order valence-electron chi connectivity index (χ4n) is 5.09. The molecule has 1 aliphatic carbocycles. The summed E-state index contributed by atoms with van der Waals surface area (Å²) in [5.74, 6) is 0.108. The van der Waals surface area contributed by atoms with Crippen molar-refractivity contribution in [1.29, 1.82) is 0 Å². The number of nitrogens with one attached hydrogen (secondary N) is 1. The maximum atomic E-state index is 12.9. The Kier molecular flexibility index (Phi) is 6.15. The van der Waals surface area contributed by atoms with Gasteiger partial charge in [-0.1, -0.05) is 43.7 Å². The first kappa shape index (κ1) is 22.0. The van der Waals surface area contributed by atoms with E-state index >= 15 is 0 Å². The van der Waals surface area contributed by atoms with Crippen LogP contribution in [-0.4, -0.2) is 40.2 Å². The van der Waals surface area contributed by atoms with E-state index in [0.717, 1.165) is 54.6 Å². The Balaban J connectivity index is 1.51. The highest BCUT2D eigenvalue weighted by Gasteiger charge is 2.36. The molecule has 6 heteroatoms. The van der Waals surface area contributed by atoms with Crippen LogP contribution in [0.1, 0.15) is 61.9 Å². The van der Waals surface area contributed by atoms with E-state index < -0.39 is 0 Å². The Morgan fingerprint density at radius 3 is 2.58 bits per heavy atom. The standard InChI is InChI=1S/C27H30ClN3O2/c1-2-3-8-24(32)31(20-13-14-20)19-11-9-18(10-12-19)27-26-22(15-16-30(27)25(33)17-28)21-6-4-5-7-23(21)29-26/h4-7,9-12,20,27,29H,2-3,8,13-17H2,1H3. The molecule has 33 heavy (non-hydrogen) atoms. The second-order valence-corrected chi connectivity index (χ2v) is 9.39. The number of para-hydroxylation sites is 1. The van der Waals surface area contributed by atoms with Crippen LogP contribution < -0.4 is 4.90 Å². The topological polar surface area (TPSA) is 56.4 Å². The first-order valence-corrected chi connectivity index (χ1v) is 12.5. The summed E-state index contributed by atoms with van der Waals surface area (Å²) in [6.07, 6.45) is 5.46. The van der Waals surface area contributed by atoms with Gasteiger partial charge in [-0.15, -0.1) is 11.6 Å². The van der Waals surface area contributed by atoms with Crippen LogP contribution in [0.4, 0.5) is 5.69 Å². The molecule has 2 heterocycles. The number of alkyl halides is 1. The Morgan fingerprint density at radius 1 is 1.12 bits per heavy atom. The first-order chi connectivity index (χ1) is 16.1. The van der Waals surface area contributed by atoms with Crippen molar-refractivity contribution in [3.8, 4) is 0 Å². The minimum Gasteiger partial charge on any atom is -0.356 e. The van der Waals surface area contributed by atoms with Crippen LogP contribution in [0.25, 0.3) is 10.9 Å². The number of carbonyl (C=O) groups is 2. The molecule has 2 amide bonds. The lowest BCUT2D eigenvalue weighted by molar-refractivity contribution is -0.130. The van der Waals surface area contributed by atoms with Gasteiger partial charge in [0.1, 0.15) is 5.88 Å². The monoisotopic (exact) mass is 463 g/mol. The third kappa shape index (κ3) is 4.15. The third-order valence-corrected chi connectivity index (χ3v) is 7.11. The first-order valence-electron chi connectivity index (χ1n) is 12.0. The zero-order valence-corrected chi connectivity index (χ0v) is 19.8. The molecule has 0 spiro atoms. The van der Waals surface area contributed by atoms with Gasteiger partial charge in [-0.25, -0.2) is 0 Å². The molecular weight excluding hydrogens is 434 g/mol. The molecule has 5 nitrogen and oxygen atoms in total. The van der Waals surface area contributed by atoms with Crippen molar-refractivity contribution >= 4 is 40.0 Å². The molecule has 1 fully saturated rings. The average Bonchev–Trinajstić information content (AvgIpc) is 3.61. The Bertz CT molecular complexity index is 1170. The van der Waals surface area contributed by atoms with E-state index in [2.05, 4.69) is 42.2 Å². The quantitative estimate of drug-likeness (QED) is 0.466. The van der Waals surface area contributed by atoms with E-state index in [4.69, 9.17) is 11.6 Å². The van der Waals surface area contributed by atoms with Crippen molar-refractivity contribution in [3.05, 3.63) is 65.4 Å². The molecule has 1 atom stereocenters. The second-order valence-electron chi connectivity index (χ2n) is 9.13. The number of carbonyl (C=O) groups excluding carboxylic acids is 2. The number of hydrogen-bond acceptors (Lipinski definition) is 2. The number of hydrogen-bond donors (Lipinski definition) is 1. The summed E-state index contributed by atoms with van der Waals surface area (Å²) in [5, 5.41) is 1.22. The van der Waals surface area contributed by atoms with Crippen LogP contribution in [0, 0.1) is 0 Å². The molecule has 0 radical (unpaired) electrons. The molecule has 2 aromatic carbocycles. The zero-order valence-electron chi connectivity index (χ0n) is 19.0. The van der Waals surface area contributed by atoms with Crippen LogP contribution in [0.3, 0.4) is 0 Å². The number of unbranched alkanes of at least 4 members (excludes halogenated alkanes) is 1. The fraction of sp³-hybridized carbons (Fsp3) is 0.407. The summed E-state index contributed by atoms with van der Waals surface area (Å²) in [6.45, 7) is 2.75. The number of halogens is 1. The molecule has 1 saturated carbocycles. The number of anilines is 1. The highest BCUT2D eigenvalue weighted by molar-refractivity contribution is 6.27. The number of rotatable bonds is 7. The van der Waals surface area contributed by atoms with Gasteiger partial charge < -0.3 is 14.8 Å². The van der Waals surface area contributed by atoms with Crippen LogP contribution >= 0.6 is 11.6 Å². The van der Waals surface area contributed by atoms with Crippen LogP contribution in [0.5, 0.6) is 0 Å². The Morgan fingerprint density at radius 2 is 1.88 bits per heavy atom. The molecule has 5 rings (SSSR count). The molecule has 1 aliphatic heterocycles. The lowest BCUT2D eigenvalue weighted by atomic mass is 9.92. The normalized spacial score (nSPS) is 17.8. The van der Waals surface area contributed by atoms with Crippen LogP contribution in [0.2, 0.25) is 0 Å². The summed E-state index contributed by atoms with van der Waals surface area (Å²) in [4.78, 5) is 33.1. The summed E-state index contributed by atoms with van der Waals surface area (Å²) in [5.41, 5.74) is 5.40. The number of amides is 2. The highest BCUT2D eigenvalue weighted by atomic mass is 35.5. The van der Waals surface area contributed by atoms with Gasteiger partial charge in [-0.3, -0.25) is 9.59 Å². The number of aromatic amines is 1. The van der Waals surface area contributed by atoms with Gasteiger partial charge in [0.15, 0.2) is 0 Å². The van der Waals surface area contributed by atoms with Crippen molar-refractivity contribution in [3.63, 3.8) is 0 Å². The fourth-order valence-corrected chi connectivity index (χ4v) is 5.24.